The Bertz CT molecular complexity index is 1570. The molecule has 1 atom stereocenters. The van der Waals surface area contributed by atoms with Gasteiger partial charge in [-0.05, 0) is 51.1 Å². The number of ether oxygens (including phenoxy) is 1. The molecular formula is C31H40N8O2. The van der Waals surface area contributed by atoms with Crippen molar-refractivity contribution in [3.8, 4) is 17.0 Å². The number of hydrogen-bond acceptors (Lipinski definition) is 9. The van der Waals surface area contributed by atoms with E-state index in [0.29, 0.717) is 29.6 Å². The quantitative estimate of drug-likeness (QED) is 0.264. The molecule has 1 fully saturated rings. The van der Waals surface area contributed by atoms with E-state index in [-0.39, 0.29) is 6.10 Å². The zero-order chi connectivity index (χ0) is 28.7. The van der Waals surface area contributed by atoms with Gasteiger partial charge in [-0.2, -0.15) is 0 Å². The van der Waals surface area contributed by atoms with Crippen LogP contribution in [0.3, 0.4) is 0 Å². The molecule has 0 aliphatic carbocycles. The standard InChI is InChI=1S/C31H40N8O2/c1-36(2)15-16-37(3)26-18-27(41-4)25(17-23(26)32)35-31-33-12-10-24(34-31)28-22-9-5-7-20-8-6-13-39(29(20)22)30(28)38-14-11-21(40)19-38/h5,7,9-10,12,17-18,21,40H,6,8,11,13-16,19,32H2,1-4H3,(H,33,34,35)/t21-/m0/s1. The maximum Gasteiger partial charge on any atom is 0.227 e. The first kappa shape index (κ1) is 27.2. The molecule has 2 aliphatic rings. The molecule has 0 bridgehead atoms. The Hall–Kier alpha value is -4.02. The summed E-state index contributed by atoms with van der Waals surface area (Å²) in [5.74, 6) is 2.27. The predicted molar refractivity (Wildman–Crippen MR) is 167 cm³/mol. The summed E-state index contributed by atoms with van der Waals surface area (Å²) in [6, 6.07) is 12.4. The van der Waals surface area contributed by atoms with Gasteiger partial charge in [0.25, 0.3) is 0 Å². The molecule has 10 heteroatoms. The zero-order valence-electron chi connectivity index (χ0n) is 24.4. The van der Waals surface area contributed by atoms with Crippen molar-refractivity contribution in [3.05, 3.63) is 48.2 Å². The van der Waals surface area contributed by atoms with Gasteiger partial charge in [-0.15, -0.1) is 0 Å². The van der Waals surface area contributed by atoms with Gasteiger partial charge < -0.3 is 40.2 Å². The van der Waals surface area contributed by atoms with Crippen LogP contribution in [0.1, 0.15) is 18.4 Å². The molecule has 0 amide bonds. The number of nitrogens with zero attached hydrogens (tertiary/aromatic N) is 6. The van der Waals surface area contributed by atoms with Gasteiger partial charge in [-0.1, -0.05) is 18.2 Å². The molecule has 0 saturated carbocycles. The maximum absolute atomic E-state index is 10.4. The number of benzene rings is 2. The summed E-state index contributed by atoms with van der Waals surface area (Å²) in [6.45, 7) is 4.15. The molecule has 0 radical (unpaired) electrons. The molecule has 216 valence electrons. The van der Waals surface area contributed by atoms with Crippen LogP contribution in [0.4, 0.5) is 28.8 Å². The van der Waals surface area contributed by atoms with Gasteiger partial charge in [0.1, 0.15) is 11.6 Å². The number of anilines is 5. The molecule has 6 rings (SSSR count). The fourth-order valence-corrected chi connectivity index (χ4v) is 6.17. The van der Waals surface area contributed by atoms with Crippen molar-refractivity contribution in [2.24, 2.45) is 0 Å². The minimum Gasteiger partial charge on any atom is -0.494 e. The molecule has 2 aliphatic heterocycles. The second-order valence-corrected chi connectivity index (χ2v) is 11.4. The second-order valence-electron chi connectivity index (χ2n) is 11.4. The van der Waals surface area contributed by atoms with Crippen LogP contribution in [0.2, 0.25) is 0 Å². The number of aromatic nitrogens is 3. The van der Waals surface area contributed by atoms with Crippen molar-refractivity contribution in [2.75, 3.05) is 75.3 Å². The van der Waals surface area contributed by atoms with E-state index in [1.54, 1.807) is 13.3 Å². The van der Waals surface area contributed by atoms with Crippen molar-refractivity contribution in [2.45, 2.75) is 31.9 Å². The van der Waals surface area contributed by atoms with Gasteiger partial charge in [-0.3, -0.25) is 0 Å². The number of β-amino-alcohol motifs (C(OH)–C–C–N with tert-alkyl or cyclic N) is 1. The monoisotopic (exact) mass is 556 g/mol. The van der Waals surface area contributed by atoms with E-state index in [2.05, 4.69) is 61.9 Å². The minimum atomic E-state index is -0.317. The largest absolute Gasteiger partial charge is 0.494 e. The lowest BCUT2D eigenvalue weighted by Gasteiger charge is -2.25. The predicted octanol–water partition coefficient (Wildman–Crippen LogP) is 3.95. The lowest BCUT2D eigenvalue weighted by Crippen LogP contribution is -2.29. The van der Waals surface area contributed by atoms with Crippen molar-refractivity contribution in [1.82, 2.24) is 19.4 Å². The van der Waals surface area contributed by atoms with E-state index in [0.717, 1.165) is 68.2 Å². The van der Waals surface area contributed by atoms with Crippen molar-refractivity contribution in [1.29, 1.82) is 0 Å². The van der Waals surface area contributed by atoms with E-state index >= 15 is 0 Å². The number of methoxy groups -OCH3 is 1. The number of hydrogen-bond donors (Lipinski definition) is 3. The van der Waals surface area contributed by atoms with Gasteiger partial charge >= 0.3 is 0 Å². The highest BCUT2D eigenvalue weighted by Gasteiger charge is 2.31. The molecule has 0 unspecified atom stereocenters. The Labute approximate surface area is 241 Å². The van der Waals surface area contributed by atoms with Crippen LogP contribution in [-0.2, 0) is 13.0 Å². The average Bonchev–Trinajstić information content (AvgIpc) is 3.54. The zero-order valence-corrected chi connectivity index (χ0v) is 24.4. The van der Waals surface area contributed by atoms with Crippen LogP contribution in [0.5, 0.6) is 5.75 Å². The van der Waals surface area contributed by atoms with Crippen molar-refractivity contribution < 1.29 is 9.84 Å². The van der Waals surface area contributed by atoms with E-state index in [9.17, 15) is 5.11 Å². The van der Waals surface area contributed by atoms with E-state index < -0.39 is 0 Å². The number of nitrogens with one attached hydrogen (secondary N) is 1. The Morgan fingerprint density at radius 1 is 1.15 bits per heavy atom. The fourth-order valence-electron chi connectivity index (χ4n) is 6.17. The van der Waals surface area contributed by atoms with Crippen molar-refractivity contribution in [3.63, 3.8) is 0 Å². The van der Waals surface area contributed by atoms with E-state index in [4.69, 9.17) is 15.5 Å². The molecule has 2 aromatic heterocycles. The van der Waals surface area contributed by atoms with E-state index in [1.165, 1.54) is 16.5 Å². The lowest BCUT2D eigenvalue weighted by atomic mass is 10.0. The fraction of sp³-hybridized carbons (Fsp3) is 0.419. The maximum atomic E-state index is 10.4. The van der Waals surface area contributed by atoms with Gasteiger partial charge in [0.15, 0.2) is 0 Å². The van der Waals surface area contributed by atoms with Crippen LogP contribution in [0.15, 0.2) is 42.6 Å². The first-order valence-electron chi connectivity index (χ1n) is 14.3. The molecule has 0 spiro atoms. The highest BCUT2D eigenvalue weighted by atomic mass is 16.5. The minimum absolute atomic E-state index is 0.317. The Morgan fingerprint density at radius 2 is 2.00 bits per heavy atom. The van der Waals surface area contributed by atoms with Crippen LogP contribution in [0, 0.1) is 0 Å². The third kappa shape index (κ3) is 5.13. The number of nitrogens with two attached hydrogens (primary N) is 1. The number of para-hydroxylation sites is 1. The number of nitrogen functional groups attached to an aromatic ring is 1. The molecule has 10 nitrogen and oxygen atoms in total. The lowest BCUT2D eigenvalue weighted by molar-refractivity contribution is 0.198. The second kappa shape index (κ2) is 11.1. The molecule has 41 heavy (non-hydrogen) atoms. The van der Waals surface area contributed by atoms with Crippen molar-refractivity contribution >= 4 is 39.7 Å². The average molecular weight is 557 g/mol. The highest BCUT2D eigenvalue weighted by molar-refractivity contribution is 6.04. The summed E-state index contributed by atoms with van der Waals surface area (Å²) in [4.78, 5) is 16.2. The summed E-state index contributed by atoms with van der Waals surface area (Å²) in [5, 5.41) is 15.0. The summed E-state index contributed by atoms with van der Waals surface area (Å²) in [7, 11) is 7.80. The topological polar surface area (TPSA) is 108 Å². The highest BCUT2D eigenvalue weighted by Crippen LogP contribution is 2.44. The molecule has 1 saturated heterocycles. The SMILES string of the molecule is COc1cc(N(C)CCN(C)C)c(N)cc1Nc1nccc(-c2c(N3CC[C@H](O)C3)n3c4c(cccc24)CCC3)n1. The molecule has 2 aromatic carbocycles. The number of aliphatic hydroxyl groups is 1. The number of aliphatic hydroxyl groups excluding tert-OH is 1. The van der Waals surface area contributed by atoms with E-state index in [1.807, 2.05) is 25.2 Å². The summed E-state index contributed by atoms with van der Waals surface area (Å²) in [5.41, 5.74) is 13.4. The number of likely N-dealkylation sites (N-methyl/N-ethyl adjacent to an activating group) is 2. The van der Waals surface area contributed by atoms with Crippen LogP contribution in [0.25, 0.3) is 22.2 Å². The molecular weight excluding hydrogens is 516 g/mol. The van der Waals surface area contributed by atoms with Crippen LogP contribution in [-0.4, -0.2) is 85.1 Å². The summed E-state index contributed by atoms with van der Waals surface area (Å²) < 4.78 is 8.19. The van der Waals surface area contributed by atoms with Gasteiger partial charge in [0.05, 0.1) is 47.1 Å². The summed E-state index contributed by atoms with van der Waals surface area (Å²) in [6.07, 6.45) is 4.41. The summed E-state index contributed by atoms with van der Waals surface area (Å²) >= 11 is 0. The Balaban J connectivity index is 1.38. The first-order chi connectivity index (χ1) is 19.8. The normalized spacial score (nSPS) is 16.5. The molecule has 4 heterocycles. The Kier molecular flexibility index (Phi) is 7.35. The molecule has 4 aromatic rings. The van der Waals surface area contributed by atoms with Crippen LogP contribution < -0.4 is 25.6 Å². The third-order valence-corrected chi connectivity index (χ3v) is 8.23. The van der Waals surface area contributed by atoms with Crippen LogP contribution >= 0.6 is 0 Å². The third-order valence-electron chi connectivity index (χ3n) is 8.23. The Morgan fingerprint density at radius 3 is 2.76 bits per heavy atom. The molecule has 4 N–H and O–H groups in total. The number of aryl methyl sites for hydroxylation is 2. The first-order valence-corrected chi connectivity index (χ1v) is 14.3. The van der Waals surface area contributed by atoms with Gasteiger partial charge in [-0.25, -0.2) is 9.97 Å². The van der Waals surface area contributed by atoms with Gasteiger partial charge in [0, 0.05) is 57.4 Å². The van der Waals surface area contributed by atoms with Gasteiger partial charge in [0.2, 0.25) is 5.95 Å². The smallest absolute Gasteiger partial charge is 0.227 e. The number of rotatable bonds is 9.